The lowest BCUT2D eigenvalue weighted by molar-refractivity contribution is -0.305. The molecule has 2 aromatic carbocycles. The predicted octanol–water partition coefficient (Wildman–Crippen LogP) is 2.07. The molecule has 2 aromatic rings. The van der Waals surface area contributed by atoms with Gasteiger partial charge in [-0.25, -0.2) is 0 Å². The molecule has 0 heterocycles. The molecule has 2 N–H and O–H groups in total. The lowest BCUT2D eigenvalue weighted by atomic mass is 10.1. The maximum atomic E-state index is 12.4. The highest BCUT2D eigenvalue weighted by Gasteiger charge is 2.12. The number of benzene rings is 2. The number of amides is 2. The molecule has 0 aliphatic carbocycles. The van der Waals surface area contributed by atoms with Crippen LogP contribution in [0.4, 0.5) is 11.4 Å². The Balaban J connectivity index is 2.09. The molecule has 7 nitrogen and oxygen atoms in total. The molecule has 2 rings (SSSR count). The van der Waals surface area contributed by atoms with E-state index >= 15 is 0 Å². The summed E-state index contributed by atoms with van der Waals surface area (Å²) in [6, 6.07) is 11.1. The summed E-state index contributed by atoms with van der Waals surface area (Å²) in [4.78, 5) is 34.5. The first kappa shape index (κ1) is 19.3. The Hall–Kier alpha value is -3.06. The number of carbonyl (C=O) groups is 3. The Morgan fingerprint density at radius 2 is 1.85 bits per heavy atom. The molecule has 8 heteroatoms. The predicted molar refractivity (Wildman–Crippen MR) is 95.3 cm³/mol. The van der Waals surface area contributed by atoms with E-state index in [0.717, 1.165) is 0 Å². The fourth-order valence-corrected chi connectivity index (χ4v) is 2.32. The van der Waals surface area contributed by atoms with Crippen LogP contribution in [0.3, 0.4) is 0 Å². The van der Waals surface area contributed by atoms with E-state index < -0.39 is 17.8 Å². The Kier molecular flexibility index (Phi) is 6.57. The molecule has 0 aliphatic heterocycles. The van der Waals surface area contributed by atoms with Gasteiger partial charge in [0.2, 0.25) is 5.91 Å². The highest BCUT2D eigenvalue weighted by molar-refractivity contribution is 6.31. The monoisotopic (exact) mass is 375 g/mol. The van der Waals surface area contributed by atoms with Crippen molar-refractivity contribution >= 4 is 40.8 Å². The molecule has 0 spiro atoms. The molecule has 0 aliphatic rings. The lowest BCUT2D eigenvalue weighted by Gasteiger charge is -2.11. The topological polar surface area (TPSA) is 108 Å². The molecule has 0 atom stereocenters. The summed E-state index contributed by atoms with van der Waals surface area (Å²) < 4.78 is 5.18. The maximum absolute atomic E-state index is 12.4. The van der Waals surface area contributed by atoms with Gasteiger partial charge in [0.15, 0.2) is 0 Å². The number of ether oxygens (including phenoxy) is 1. The zero-order valence-electron chi connectivity index (χ0n) is 13.9. The number of anilines is 2. The molecule has 0 saturated carbocycles. The Morgan fingerprint density at radius 3 is 2.54 bits per heavy atom. The van der Waals surface area contributed by atoms with Crippen LogP contribution in [0, 0.1) is 0 Å². The van der Waals surface area contributed by atoms with Crippen molar-refractivity contribution in [3.05, 3.63) is 53.1 Å². The quantitative estimate of drug-likeness (QED) is 0.770. The van der Waals surface area contributed by atoms with Gasteiger partial charge in [0.25, 0.3) is 5.91 Å². The van der Waals surface area contributed by atoms with Crippen molar-refractivity contribution < 1.29 is 24.2 Å². The molecule has 0 radical (unpaired) electrons. The first-order valence-electron chi connectivity index (χ1n) is 7.63. The minimum atomic E-state index is -1.30. The minimum Gasteiger partial charge on any atom is -0.550 e. The van der Waals surface area contributed by atoms with E-state index in [9.17, 15) is 19.5 Å². The van der Waals surface area contributed by atoms with Crippen LogP contribution in [0.1, 0.15) is 23.2 Å². The van der Waals surface area contributed by atoms with Gasteiger partial charge in [-0.2, -0.15) is 0 Å². The second-order valence-electron chi connectivity index (χ2n) is 5.30. The molecular formula is C18H16ClN2O5-. The second kappa shape index (κ2) is 8.87. The van der Waals surface area contributed by atoms with Gasteiger partial charge in [-0.15, -0.1) is 0 Å². The van der Waals surface area contributed by atoms with Gasteiger partial charge >= 0.3 is 0 Å². The molecule has 0 aromatic heterocycles. The lowest BCUT2D eigenvalue weighted by Crippen LogP contribution is -2.24. The van der Waals surface area contributed by atoms with E-state index in [1.807, 2.05) is 0 Å². The van der Waals surface area contributed by atoms with E-state index in [4.69, 9.17) is 16.3 Å². The fraction of sp³-hybridized carbons (Fsp3) is 0.167. The Morgan fingerprint density at radius 1 is 1.08 bits per heavy atom. The maximum Gasteiger partial charge on any atom is 0.255 e. The van der Waals surface area contributed by atoms with Crippen LogP contribution >= 0.6 is 11.6 Å². The third kappa shape index (κ3) is 5.49. The first-order chi connectivity index (χ1) is 12.4. The van der Waals surface area contributed by atoms with Crippen molar-refractivity contribution in [1.29, 1.82) is 0 Å². The van der Waals surface area contributed by atoms with Crippen LogP contribution in [0.5, 0.6) is 5.75 Å². The highest BCUT2D eigenvalue weighted by Crippen LogP contribution is 2.28. The number of aliphatic carboxylic acids is 1. The zero-order chi connectivity index (χ0) is 19.1. The van der Waals surface area contributed by atoms with Gasteiger partial charge < -0.3 is 25.3 Å². The molecule has 0 unspecified atom stereocenters. The minimum absolute atomic E-state index is 0.210. The smallest absolute Gasteiger partial charge is 0.255 e. The van der Waals surface area contributed by atoms with Crippen molar-refractivity contribution in [2.75, 3.05) is 17.7 Å². The standard InChI is InChI=1S/C18H17ClN2O5/c1-26-15-6-5-12(19)10-14(15)21-18(25)11-3-2-4-13(9-11)20-16(22)7-8-17(23)24/h2-6,9-10H,7-8H2,1H3,(H,20,22)(H,21,25)(H,23,24)/p-1. The van der Waals surface area contributed by atoms with Gasteiger partial charge in [-0.1, -0.05) is 17.7 Å². The van der Waals surface area contributed by atoms with E-state index in [1.165, 1.54) is 13.2 Å². The van der Waals surface area contributed by atoms with Crippen LogP contribution in [-0.2, 0) is 9.59 Å². The molecule has 2 amide bonds. The van der Waals surface area contributed by atoms with Crippen molar-refractivity contribution in [2.45, 2.75) is 12.8 Å². The van der Waals surface area contributed by atoms with Gasteiger partial charge in [-0.3, -0.25) is 9.59 Å². The largest absolute Gasteiger partial charge is 0.550 e. The Bertz CT molecular complexity index is 838. The van der Waals surface area contributed by atoms with E-state index in [1.54, 1.807) is 36.4 Å². The SMILES string of the molecule is COc1ccc(Cl)cc1NC(=O)c1cccc(NC(=O)CCC(=O)[O-])c1. The normalized spacial score (nSPS) is 10.1. The Labute approximate surface area is 154 Å². The molecule has 0 saturated heterocycles. The third-order valence-electron chi connectivity index (χ3n) is 3.37. The van der Waals surface area contributed by atoms with Crippen LogP contribution in [0.2, 0.25) is 5.02 Å². The van der Waals surface area contributed by atoms with Gasteiger partial charge in [0, 0.05) is 28.7 Å². The summed E-state index contributed by atoms with van der Waals surface area (Å²) in [7, 11) is 1.47. The van der Waals surface area contributed by atoms with Gasteiger partial charge in [0.1, 0.15) is 5.75 Å². The van der Waals surface area contributed by atoms with Crippen LogP contribution in [-0.4, -0.2) is 24.9 Å². The molecule has 136 valence electrons. The number of rotatable bonds is 7. The fourth-order valence-electron chi connectivity index (χ4n) is 2.15. The molecule has 0 bridgehead atoms. The van der Waals surface area contributed by atoms with Crippen molar-refractivity contribution in [3.63, 3.8) is 0 Å². The van der Waals surface area contributed by atoms with Crippen LogP contribution in [0.25, 0.3) is 0 Å². The van der Waals surface area contributed by atoms with Crippen LogP contribution in [0.15, 0.2) is 42.5 Å². The molecule has 26 heavy (non-hydrogen) atoms. The number of carbonyl (C=O) groups excluding carboxylic acids is 3. The average Bonchev–Trinajstić information content (AvgIpc) is 2.60. The number of hydrogen-bond donors (Lipinski definition) is 2. The summed E-state index contributed by atoms with van der Waals surface area (Å²) in [6.07, 6.45) is -0.584. The summed E-state index contributed by atoms with van der Waals surface area (Å²) in [5.74, 6) is -1.75. The summed E-state index contributed by atoms with van der Waals surface area (Å²) >= 11 is 5.94. The number of carboxylic acid groups (broad SMARTS) is 1. The number of methoxy groups -OCH3 is 1. The summed E-state index contributed by atoms with van der Waals surface area (Å²) in [5, 5.41) is 16.0. The van der Waals surface area contributed by atoms with Gasteiger partial charge in [0.05, 0.1) is 12.8 Å². The van der Waals surface area contributed by atoms with Crippen molar-refractivity contribution in [2.24, 2.45) is 0 Å². The number of hydrogen-bond acceptors (Lipinski definition) is 5. The van der Waals surface area contributed by atoms with E-state index in [2.05, 4.69) is 10.6 Å². The number of carboxylic acids is 1. The number of nitrogens with one attached hydrogen (secondary N) is 2. The van der Waals surface area contributed by atoms with Gasteiger partial charge in [-0.05, 0) is 42.8 Å². The van der Waals surface area contributed by atoms with Crippen molar-refractivity contribution in [1.82, 2.24) is 0 Å². The molecular weight excluding hydrogens is 360 g/mol. The number of halogens is 1. The van der Waals surface area contributed by atoms with Crippen LogP contribution < -0.4 is 20.5 Å². The summed E-state index contributed by atoms with van der Waals surface area (Å²) in [6.45, 7) is 0. The molecule has 0 fully saturated rings. The summed E-state index contributed by atoms with van der Waals surface area (Å²) in [5.41, 5.74) is 1.08. The first-order valence-corrected chi connectivity index (χ1v) is 8.01. The van der Waals surface area contributed by atoms with E-state index in [-0.39, 0.29) is 12.8 Å². The van der Waals surface area contributed by atoms with E-state index in [0.29, 0.717) is 27.7 Å². The third-order valence-corrected chi connectivity index (χ3v) is 3.61. The van der Waals surface area contributed by atoms with Crippen molar-refractivity contribution in [3.8, 4) is 5.75 Å². The second-order valence-corrected chi connectivity index (χ2v) is 5.74. The average molecular weight is 376 g/mol. The zero-order valence-corrected chi connectivity index (χ0v) is 14.6. The highest BCUT2D eigenvalue weighted by atomic mass is 35.5.